The van der Waals surface area contributed by atoms with Crippen LogP contribution in [0.1, 0.15) is 29.3 Å². The normalized spacial score (nSPS) is 10.7. The number of nitrogens with one attached hydrogen (secondary N) is 1. The number of ether oxygens (including phenoxy) is 1. The maximum absolute atomic E-state index is 13.3. The number of rotatable bonds is 7. The van der Waals surface area contributed by atoms with Crippen LogP contribution in [-0.2, 0) is 16.0 Å². The van der Waals surface area contributed by atoms with Gasteiger partial charge in [0.15, 0.2) is 0 Å². The maximum Gasteiger partial charge on any atom is 0.306 e. The number of hydrogen-bond donors (Lipinski definition) is 1. The van der Waals surface area contributed by atoms with E-state index < -0.39 is 0 Å². The third kappa shape index (κ3) is 5.03. The molecule has 4 aromatic carbocycles. The van der Waals surface area contributed by atoms with Crippen LogP contribution in [0, 0.1) is 0 Å². The fourth-order valence-corrected chi connectivity index (χ4v) is 3.78. The molecule has 0 unspecified atom stereocenters. The number of carbonyl (C=O) groups excluding carboxylic acids is 2. The fraction of sp³-hybridized carbons (Fsp3) is 0.143. The number of aryl methyl sites for hydroxylation is 1. The maximum atomic E-state index is 13.3. The van der Waals surface area contributed by atoms with Crippen LogP contribution in [0.2, 0.25) is 0 Å². The summed E-state index contributed by atoms with van der Waals surface area (Å²) in [5.74, 6) is -0.382. The van der Waals surface area contributed by atoms with Crippen LogP contribution >= 0.6 is 0 Å². The molecule has 4 aromatic rings. The summed E-state index contributed by atoms with van der Waals surface area (Å²) in [4.78, 5) is 24.9. The average Bonchev–Trinajstić information content (AvgIpc) is 2.83. The fourth-order valence-electron chi connectivity index (χ4n) is 3.78. The van der Waals surface area contributed by atoms with Gasteiger partial charge in [0, 0.05) is 17.7 Å². The molecule has 1 N–H and O–H groups in total. The van der Waals surface area contributed by atoms with Gasteiger partial charge in [0.05, 0.1) is 6.61 Å². The highest BCUT2D eigenvalue weighted by atomic mass is 16.5. The molecule has 0 atom stereocenters. The van der Waals surface area contributed by atoms with E-state index in [9.17, 15) is 9.59 Å². The van der Waals surface area contributed by atoms with Gasteiger partial charge < -0.3 is 10.1 Å². The van der Waals surface area contributed by atoms with Gasteiger partial charge in [-0.05, 0) is 65.1 Å². The minimum Gasteiger partial charge on any atom is -0.466 e. The van der Waals surface area contributed by atoms with Crippen molar-refractivity contribution in [3.63, 3.8) is 0 Å². The van der Waals surface area contributed by atoms with E-state index in [1.807, 2.05) is 84.9 Å². The first-order chi connectivity index (χ1) is 15.6. The minimum absolute atomic E-state index is 0.165. The summed E-state index contributed by atoms with van der Waals surface area (Å²) in [6.07, 6.45) is 0.879. The molecule has 1 amide bonds. The third-order valence-corrected chi connectivity index (χ3v) is 5.32. The van der Waals surface area contributed by atoms with Crippen LogP contribution in [-0.4, -0.2) is 18.5 Å². The highest BCUT2D eigenvalue weighted by Crippen LogP contribution is 2.28. The molecule has 160 valence electrons. The SMILES string of the molecule is CCOC(=O)CCc1cccc(NC(=O)c2cc(-c3ccccc3)cc3ccccc23)c1. The van der Waals surface area contributed by atoms with Crippen LogP contribution in [0.25, 0.3) is 21.9 Å². The van der Waals surface area contributed by atoms with Gasteiger partial charge in [-0.2, -0.15) is 0 Å². The van der Waals surface area contributed by atoms with Gasteiger partial charge >= 0.3 is 5.97 Å². The molecule has 32 heavy (non-hydrogen) atoms. The van der Waals surface area contributed by atoms with E-state index in [1.165, 1.54) is 0 Å². The first-order valence-corrected chi connectivity index (χ1v) is 10.8. The molecule has 0 aliphatic heterocycles. The Hall–Kier alpha value is -3.92. The van der Waals surface area contributed by atoms with Crippen LogP contribution < -0.4 is 5.32 Å². The van der Waals surface area contributed by atoms with E-state index in [4.69, 9.17) is 4.74 Å². The molecule has 0 aliphatic carbocycles. The Kier molecular flexibility index (Phi) is 6.61. The average molecular weight is 424 g/mol. The smallest absolute Gasteiger partial charge is 0.306 e. The Bertz CT molecular complexity index is 1250. The van der Waals surface area contributed by atoms with Crippen molar-refractivity contribution < 1.29 is 14.3 Å². The number of hydrogen-bond acceptors (Lipinski definition) is 3. The molecule has 0 fully saturated rings. The van der Waals surface area contributed by atoms with Crippen LogP contribution in [0.3, 0.4) is 0 Å². The number of anilines is 1. The molecule has 0 bridgehead atoms. The van der Waals surface area contributed by atoms with Crippen LogP contribution in [0.15, 0.2) is 91.0 Å². The standard InChI is InChI=1S/C28H25NO3/c1-2-32-27(30)16-15-20-9-8-13-24(17-20)29-28(31)26-19-23(21-10-4-3-5-11-21)18-22-12-6-7-14-25(22)26/h3-14,17-19H,2,15-16H2,1H3,(H,29,31). The molecule has 0 saturated heterocycles. The second kappa shape index (κ2) is 9.92. The quantitative estimate of drug-likeness (QED) is 0.357. The zero-order valence-electron chi connectivity index (χ0n) is 18.0. The topological polar surface area (TPSA) is 55.4 Å². The van der Waals surface area contributed by atoms with Crippen molar-refractivity contribution in [3.8, 4) is 11.1 Å². The van der Waals surface area contributed by atoms with Gasteiger partial charge in [0.2, 0.25) is 0 Å². The van der Waals surface area contributed by atoms with Crippen LogP contribution in [0.5, 0.6) is 0 Å². The van der Waals surface area contributed by atoms with Gasteiger partial charge in [0.25, 0.3) is 5.91 Å². The second-order valence-electron chi connectivity index (χ2n) is 7.57. The lowest BCUT2D eigenvalue weighted by Crippen LogP contribution is -2.13. The summed E-state index contributed by atoms with van der Waals surface area (Å²) in [6.45, 7) is 2.18. The first-order valence-electron chi connectivity index (χ1n) is 10.8. The lowest BCUT2D eigenvalue weighted by atomic mass is 9.96. The van der Waals surface area contributed by atoms with Gasteiger partial charge in [0.1, 0.15) is 0 Å². The Morgan fingerprint density at radius 1 is 0.812 bits per heavy atom. The van der Waals surface area contributed by atoms with E-state index in [2.05, 4.69) is 11.4 Å². The highest BCUT2D eigenvalue weighted by molar-refractivity contribution is 6.14. The molecule has 0 heterocycles. The predicted octanol–water partition coefficient (Wildman–Crippen LogP) is 6.25. The summed E-state index contributed by atoms with van der Waals surface area (Å²) >= 11 is 0. The van der Waals surface area contributed by atoms with Gasteiger partial charge in [-0.1, -0.05) is 66.7 Å². The molecule has 4 heteroatoms. The first kappa shape index (κ1) is 21.3. The van der Waals surface area contributed by atoms with E-state index >= 15 is 0 Å². The molecule has 0 aromatic heterocycles. The van der Waals surface area contributed by atoms with Gasteiger partial charge in [-0.3, -0.25) is 9.59 Å². The Labute approximate surface area is 187 Å². The zero-order valence-corrected chi connectivity index (χ0v) is 18.0. The van der Waals surface area contributed by atoms with Crippen molar-refractivity contribution >= 4 is 28.3 Å². The van der Waals surface area contributed by atoms with E-state index in [0.717, 1.165) is 27.5 Å². The van der Waals surface area contributed by atoms with Gasteiger partial charge in [-0.15, -0.1) is 0 Å². The zero-order chi connectivity index (χ0) is 22.3. The molecular weight excluding hydrogens is 398 g/mol. The van der Waals surface area contributed by atoms with Crippen molar-refractivity contribution in [2.24, 2.45) is 0 Å². The van der Waals surface area contributed by atoms with Gasteiger partial charge in [-0.25, -0.2) is 0 Å². The number of benzene rings is 4. The summed E-state index contributed by atoms with van der Waals surface area (Å²) < 4.78 is 5.00. The van der Waals surface area contributed by atoms with Crippen molar-refractivity contribution in [1.82, 2.24) is 0 Å². The van der Waals surface area contributed by atoms with E-state index in [1.54, 1.807) is 6.92 Å². The van der Waals surface area contributed by atoms with Crippen molar-refractivity contribution in [1.29, 1.82) is 0 Å². The lowest BCUT2D eigenvalue weighted by Gasteiger charge is -2.12. The molecule has 0 spiro atoms. The Morgan fingerprint density at radius 3 is 2.41 bits per heavy atom. The van der Waals surface area contributed by atoms with Crippen molar-refractivity contribution in [3.05, 3.63) is 102 Å². The summed E-state index contributed by atoms with van der Waals surface area (Å²) in [7, 11) is 0. The third-order valence-electron chi connectivity index (χ3n) is 5.32. The summed E-state index contributed by atoms with van der Waals surface area (Å²) in [5.41, 5.74) is 4.36. The number of esters is 1. The number of fused-ring (bicyclic) bond motifs is 1. The highest BCUT2D eigenvalue weighted by Gasteiger charge is 2.13. The van der Waals surface area contributed by atoms with Crippen LogP contribution in [0.4, 0.5) is 5.69 Å². The molecule has 4 nitrogen and oxygen atoms in total. The predicted molar refractivity (Wildman–Crippen MR) is 129 cm³/mol. The number of carbonyl (C=O) groups is 2. The van der Waals surface area contributed by atoms with E-state index in [-0.39, 0.29) is 11.9 Å². The lowest BCUT2D eigenvalue weighted by molar-refractivity contribution is -0.143. The second-order valence-corrected chi connectivity index (χ2v) is 7.57. The van der Waals surface area contributed by atoms with Crippen molar-refractivity contribution in [2.75, 3.05) is 11.9 Å². The molecule has 0 saturated carbocycles. The van der Waals surface area contributed by atoms with E-state index in [0.29, 0.717) is 30.7 Å². The minimum atomic E-state index is -0.217. The van der Waals surface area contributed by atoms with Crippen molar-refractivity contribution in [2.45, 2.75) is 19.8 Å². The molecule has 0 aliphatic rings. The largest absolute Gasteiger partial charge is 0.466 e. The monoisotopic (exact) mass is 423 g/mol. The number of amides is 1. The Morgan fingerprint density at radius 2 is 1.59 bits per heavy atom. The summed E-state index contributed by atoms with van der Waals surface area (Å²) in [6, 6.07) is 29.6. The molecule has 0 radical (unpaired) electrons. The molecule has 4 rings (SSSR count). The Balaban J connectivity index is 1.60. The summed E-state index contributed by atoms with van der Waals surface area (Å²) in [5, 5.41) is 4.95. The molecular formula is C28H25NO3.